The van der Waals surface area contributed by atoms with Crippen LogP contribution in [-0.4, -0.2) is 47.5 Å². The zero-order valence-electron chi connectivity index (χ0n) is 16.1. The highest BCUT2D eigenvalue weighted by molar-refractivity contribution is 5.91. The molecule has 0 spiro atoms. The number of ether oxygens (including phenoxy) is 1. The minimum Gasteiger partial charge on any atom is -0.381 e. The second-order valence-corrected chi connectivity index (χ2v) is 8.51. The van der Waals surface area contributed by atoms with E-state index < -0.39 is 0 Å². The molecule has 1 atom stereocenters. The lowest BCUT2D eigenvalue weighted by Crippen LogP contribution is -2.51. The summed E-state index contributed by atoms with van der Waals surface area (Å²) in [5.74, 6) is 0.969. The van der Waals surface area contributed by atoms with E-state index in [1.807, 2.05) is 11.0 Å². The van der Waals surface area contributed by atoms with Crippen LogP contribution in [0.3, 0.4) is 0 Å². The van der Waals surface area contributed by atoms with Crippen LogP contribution >= 0.6 is 0 Å². The predicted octanol–water partition coefficient (Wildman–Crippen LogP) is 2.89. The molecule has 0 unspecified atom stereocenters. The van der Waals surface area contributed by atoms with Gasteiger partial charge in [-0.25, -0.2) is 0 Å². The average Bonchev–Trinajstić information content (AvgIpc) is 3.11. The van der Waals surface area contributed by atoms with E-state index in [1.54, 1.807) is 0 Å². The van der Waals surface area contributed by atoms with Gasteiger partial charge in [0.25, 0.3) is 0 Å². The van der Waals surface area contributed by atoms with E-state index in [1.165, 1.54) is 0 Å². The van der Waals surface area contributed by atoms with Crippen LogP contribution in [0.2, 0.25) is 0 Å². The zero-order valence-corrected chi connectivity index (χ0v) is 16.1. The van der Waals surface area contributed by atoms with Crippen LogP contribution < -0.4 is 0 Å². The van der Waals surface area contributed by atoms with Crippen molar-refractivity contribution in [3.05, 3.63) is 17.5 Å². The van der Waals surface area contributed by atoms with E-state index in [2.05, 4.69) is 25.9 Å². The molecule has 1 aromatic heterocycles. The lowest BCUT2D eigenvalue weighted by atomic mass is 9.91. The normalized spacial score (nSPS) is 22.4. The molecule has 1 aromatic rings. The SMILES string of the molecule is CC(C)(C)c1cc(CC(=O)[C@@H]2CCCCN2C(=O)C2CCOCC2)no1. The van der Waals surface area contributed by atoms with Crippen LogP contribution in [-0.2, 0) is 26.2 Å². The van der Waals surface area contributed by atoms with Crippen LogP contribution in [0.15, 0.2) is 10.6 Å². The Hall–Kier alpha value is -1.69. The molecule has 6 nitrogen and oxygen atoms in total. The molecular formula is C20H30N2O4. The molecule has 2 aliphatic rings. The standard InChI is InChI=1S/C20H30N2O4/c1-20(2,3)18-13-15(21-26-18)12-17(23)16-6-4-5-9-22(16)19(24)14-7-10-25-11-8-14/h13-14,16H,4-12H2,1-3H3/t16-/m0/s1. The fourth-order valence-electron chi connectivity index (χ4n) is 3.75. The van der Waals surface area contributed by atoms with E-state index in [-0.39, 0.29) is 35.5 Å². The minimum absolute atomic E-state index is 0.00306. The summed E-state index contributed by atoms with van der Waals surface area (Å²) in [7, 11) is 0. The maximum Gasteiger partial charge on any atom is 0.226 e. The molecule has 2 saturated heterocycles. The highest BCUT2D eigenvalue weighted by atomic mass is 16.5. The molecule has 0 saturated carbocycles. The van der Waals surface area contributed by atoms with Gasteiger partial charge in [0.1, 0.15) is 5.76 Å². The first-order valence-corrected chi connectivity index (χ1v) is 9.73. The first-order valence-electron chi connectivity index (χ1n) is 9.73. The largest absolute Gasteiger partial charge is 0.381 e. The second kappa shape index (κ2) is 7.91. The minimum atomic E-state index is -0.325. The third kappa shape index (κ3) is 4.34. The average molecular weight is 362 g/mol. The zero-order chi connectivity index (χ0) is 18.7. The van der Waals surface area contributed by atoms with E-state index in [0.717, 1.165) is 37.9 Å². The number of piperidine rings is 1. The van der Waals surface area contributed by atoms with Crippen molar-refractivity contribution in [2.24, 2.45) is 5.92 Å². The molecule has 0 radical (unpaired) electrons. The number of aromatic nitrogens is 1. The summed E-state index contributed by atoms with van der Waals surface area (Å²) in [6.45, 7) is 8.10. The van der Waals surface area contributed by atoms with Crippen molar-refractivity contribution < 1.29 is 18.8 Å². The van der Waals surface area contributed by atoms with E-state index in [9.17, 15) is 9.59 Å². The quantitative estimate of drug-likeness (QED) is 0.823. The smallest absolute Gasteiger partial charge is 0.226 e. The third-order valence-corrected chi connectivity index (χ3v) is 5.38. The van der Waals surface area contributed by atoms with Crippen molar-refractivity contribution in [2.45, 2.75) is 70.8 Å². The number of carbonyl (C=O) groups is 2. The van der Waals surface area contributed by atoms with Crippen molar-refractivity contribution in [3.63, 3.8) is 0 Å². The Labute approximate surface area is 155 Å². The molecule has 26 heavy (non-hydrogen) atoms. The first-order chi connectivity index (χ1) is 12.4. The Morgan fingerprint density at radius 3 is 2.58 bits per heavy atom. The van der Waals surface area contributed by atoms with Crippen LogP contribution in [0.25, 0.3) is 0 Å². The van der Waals surface area contributed by atoms with Gasteiger partial charge in [-0.3, -0.25) is 9.59 Å². The Morgan fingerprint density at radius 1 is 1.19 bits per heavy atom. The Morgan fingerprint density at radius 2 is 1.92 bits per heavy atom. The summed E-state index contributed by atoms with van der Waals surface area (Å²) in [4.78, 5) is 27.7. The number of ketones is 1. The number of amides is 1. The molecule has 144 valence electrons. The van der Waals surface area contributed by atoms with Crippen molar-refractivity contribution in [3.8, 4) is 0 Å². The molecule has 3 rings (SSSR count). The van der Waals surface area contributed by atoms with Crippen LogP contribution in [0.5, 0.6) is 0 Å². The molecule has 2 fully saturated rings. The Bertz CT molecular complexity index is 640. The number of hydrogen-bond acceptors (Lipinski definition) is 5. The summed E-state index contributed by atoms with van der Waals surface area (Å²) in [6.07, 6.45) is 4.44. The molecule has 0 bridgehead atoms. The maximum atomic E-state index is 12.9. The summed E-state index contributed by atoms with van der Waals surface area (Å²) in [6, 6.07) is 1.54. The molecule has 0 N–H and O–H groups in total. The lowest BCUT2D eigenvalue weighted by molar-refractivity contribution is -0.146. The van der Waals surface area contributed by atoms with E-state index >= 15 is 0 Å². The number of rotatable bonds is 4. The highest BCUT2D eigenvalue weighted by Gasteiger charge is 2.36. The molecule has 6 heteroatoms. The van der Waals surface area contributed by atoms with Gasteiger partial charge in [-0.15, -0.1) is 0 Å². The fourth-order valence-corrected chi connectivity index (χ4v) is 3.75. The number of carbonyl (C=O) groups excluding carboxylic acids is 2. The van der Waals surface area contributed by atoms with Crippen molar-refractivity contribution in [1.29, 1.82) is 0 Å². The summed E-state index contributed by atoms with van der Waals surface area (Å²) >= 11 is 0. The van der Waals surface area contributed by atoms with Gasteiger partial charge in [-0.2, -0.15) is 0 Å². The monoisotopic (exact) mass is 362 g/mol. The van der Waals surface area contributed by atoms with Crippen molar-refractivity contribution >= 4 is 11.7 Å². The van der Waals surface area contributed by atoms with Gasteiger partial charge in [0.15, 0.2) is 5.78 Å². The van der Waals surface area contributed by atoms with E-state index in [4.69, 9.17) is 9.26 Å². The molecule has 1 amide bonds. The highest BCUT2D eigenvalue weighted by Crippen LogP contribution is 2.26. The lowest BCUT2D eigenvalue weighted by Gasteiger charge is -2.37. The Kier molecular flexibility index (Phi) is 5.80. The fraction of sp³-hybridized carbons (Fsp3) is 0.750. The summed E-state index contributed by atoms with van der Waals surface area (Å²) in [5, 5.41) is 4.06. The van der Waals surface area contributed by atoms with Crippen LogP contribution in [0.1, 0.15) is 64.3 Å². The number of Topliss-reactive ketones (excluding diaryl/α,β-unsaturated/α-hetero) is 1. The topological polar surface area (TPSA) is 72.6 Å². The number of likely N-dealkylation sites (tertiary alicyclic amines) is 1. The third-order valence-electron chi connectivity index (χ3n) is 5.38. The van der Waals surface area contributed by atoms with Crippen molar-refractivity contribution in [1.82, 2.24) is 10.1 Å². The van der Waals surface area contributed by atoms with Crippen LogP contribution in [0.4, 0.5) is 0 Å². The van der Waals surface area contributed by atoms with Crippen molar-refractivity contribution in [2.75, 3.05) is 19.8 Å². The molecule has 2 aliphatic heterocycles. The van der Waals surface area contributed by atoms with Gasteiger partial charge >= 0.3 is 0 Å². The second-order valence-electron chi connectivity index (χ2n) is 8.51. The van der Waals surface area contributed by atoms with Gasteiger partial charge in [-0.1, -0.05) is 25.9 Å². The molecule has 0 aromatic carbocycles. The predicted molar refractivity (Wildman–Crippen MR) is 96.8 cm³/mol. The van der Waals surface area contributed by atoms with Gasteiger partial charge in [-0.05, 0) is 32.1 Å². The number of nitrogens with zero attached hydrogens (tertiary/aromatic N) is 2. The first kappa shape index (κ1) is 19.1. The number of hydrogen-bond donors (Lipinski definition) is 0. The molecule has 3 heterocycles. The van der Waals surface area contributed by atoms with Crippen LogP contribution in [0, 0.1) is 5.92 Å². The summed E-state index contributed by atoms with van der Waals surface area (Å²) in [5.41, 5.74) is 0.522. The summed E-state index contributed by atoms with van der Waals surface area (Å²) < 4.78 is 10.8. The maximum absolute atomic E-state index is 12.9. The van der Waals surface area contributed by atoms with Gasteiger partial charge in [0.05, 0.1) is 18.2 Å². The molecular weight excluding hydrogens is 332 g/mol. The van der Waals surface area contributed by atoms with Gasteiger partial charge < -0.3 is 14.2 Å². The van der Waals surface area contributed by atoms with E-state index in [0.29, 0.717) is 25.5 Å². The molecule has 0 aliphatic carbocycles. The Balaban J connectivity index is 1.67. The van der Waals surface area contributed by atoms with Gasteiger partial charge in [0, 0.05) is 37.2 Å². The van der Waals surface area contributed by atoms with Gasteiger partial charge in [0.2, 0.25) is 5.91 Å².